The fourth-order valence-electron chi connectivity index (χ4n) is 2.78. The topological polar surface area (TPSA) is 64.6 Å². The van der Waals surface area contributed by atoms with E-state index in [-0.39, 0.29) is 22.9 Å². The van der Waals surface area contributed by atoms with E-state index in [1.165, 1.54) is 20.3 Å². The van der Waals surface area contributed by atoms with Crippen molar-refractivity contribution in [2.24, 2.45) is 0 Å². The molecule has 0 spiro atoms. The van der Waals surface area contributed by atoms with Crippen LogP contribution in [0.15, 0.2) is 65.1 Å². The number of nitrogens with one attached hydrogen (secondary N) is 1. The lowest BCUT2D eigenvalue weighted by Crippen LogP contribution is -2.16. The predicted molar refractivity (Wildman–Crippen MR) is 117 cm³/mol. The van der Waals surface area contributed by atoms with Crippen LogP contribution in [0.5, 0.6) is 11.5 Å². The first-order valence-corrected chi connectivity index (χ1v) is 9.74. The van der Waals surface area contributed by atoms with Crippen molar-refractivity contribution in [1.82, 2.24) is 0 Å². The second-order valence-corrected chi connectivity index (χ2v) is 7.35. The Balaban J connectivity index is 2.08. The van der Waals surface area contributed by atoms with Crippen LogP contribution < -0.4 is 14.8 Å². The van der Waals surface area contributed by atoms with Gasteiger partial charge in [0.25, 0.3) is 5.91 Å². The molecule has 0 aliphatic carbocycles. The van der Waals surface area contributed by atoms with E-state index >= 15 is 0 Å². The molecular weight excluding hydrogens is 458 g/mol. The average Bonchev–Trinajstić information content (AvgIpc) is 2.73. The molecule has 0 saturated heterocycles. The van der Waals surface area contributed by atoms with Gasteiger partial charge in [0.2, 0.25) is 0 Å². The number of anilines is 1. The Morgan fingerprint density at radius 3 is 2.24 bits per heavy atom. The standard InChI is InChI=1S/C22H17BrClNO4/c1-28-19-11-16(21(26)15-8-3-4-9-17(15)24)18(12-20(19)29-2)25-22(27)13-6-5-7-14(23)10-13/h3-12H,1-2H3,(H,25,27). The fraction of sp³-hybridized carbons (Fsp3) is 0.0909. The summed E-state index contributed by atoms with van der Waals surface area (Å²) < 4.78 is 11.4. The molecule has 0 radical (unpaired) electrons. The van der Waals surface area contributed by atoms with E-state index in [2.05, 4.69) is 21.2 Å². The molecule has 0 bridgehead atoms. The maximum atomic E-state index is 13.2. The quantitative estimate of drug-likeness (QED) is 0.472. The summed E-state index contributed by atoms with van der Waals surface area (Å²) in [6, 6.07) is 16.7. The van der Waals surface area contributed by atoms with Gasteiger partial charge in [0.1, 0.15) is 0 Å². The number of methoxy groups -OCH3 is 2. The van der Waals surface area contributed by atoms with E-state index in [9.17, 15) is 9.59 Å². The molecule has 0 aromatic heterocycles. The molecule has 5 nitrogen and oxygen atoms in total. The molecule has 3 aromatic rings. The molecule has 1 amide bonds. The minimum absolute atomic E-state index is 0.235. The molecule has 0 saturated carbocycles. The monoisotopic (exact) mass is 473 g/mol. The number of carbonyl (C=O) groups is 2. The second-order valence-electron chi connectivity index (χ2n) is 6.03. The highest BCUT2D eigenvalue weighted by Gasteiger charge is 2.21. The number of ketones is 1. The summed E-state index contributed by atoms with van der Waals surface area (Å²) in [5.41, 5.74) is 1.28. The van der Waals surface area contributed by atoms with Gasteiger partial charge in [-0.3, -0.25) is 9.59 Å². The van der Waals surface area contributed by atoms with Crippen molar-refractivity contribution in [2.75, 3.05) is 19.5 Å². The van der Waals surface area contributed by atoms with Gasteiger partial charge in [-0.05, 0) is 36.4 Å². The average molecular weight is 475 g/mol. The number of rotatable bonds is 6. The molecule has 148 valence electrons. The van der Waals surface area contributed by atoms with Crippen molar-refractivity contribution in [2.45, 2.75) is 0 Å². The van der Waals surface area contributed by atoms with Gasteiger partial charge >= 0.3 is 0 Å². The molecule has 3 aromatic carbocycles. The first-order valence-electron chi connectivity index (χ1n) is 8.56. The Morgan fingerprint density at radius 1 is 0.897 bits per heavy atom. The first-order chi connectivity index (χ1) is 13.9. The maximum absolute atomic E-state index is 13.2. The smallest absolute Gasteiger partial charge is 0.255 e. The summed E-state index contributed by atoms with van der Waals surface area (Å²) in [6.45, 7) is 0. The summed E-state index contributed by atoms with van der Waals surface area (Å²) in [4.78, 5) is 25.9. The van der Waals surface area contributed by atoms with E-state index in [1.807, 2.05) is 6.07 Å². The molecule has 3 rings (SSSR count). The Labute approximate surface area is 181 Å². The van der Waals surface area contributed by atoms with E-state index in [4.69, 9.17) is 21.1 Å². The van der Waals surface area contributed by atoms with Crippen LogP contribution in [-0.4, -0.2) is 25.9 Å². The van der Waals surface area contributed by atoms with Gasteiger partial charge in [-0.2, -0.15) is 0 Å². The summed E-state index contributed by atoms with van der Waals surface area (Å²) in [7, 11) is 2.95. The second kappa shape index (κ2) is 9.11. The van der Waals surface area contributed by atoms with Crippen LogP contribution in [0.1, 0.15) is 26.3 Å². The van der Waals surface area contributed by atoms with Gasteiger partial charge in [-0.25, -0.2) is 0 Å². The van der Waals surface area contributed by atoms with Crippen LogP contribution in [0.3, 0.4) is 0 Å². The number of halogens is 2. The predicted octanol–water partition coefficient (Wildman–Crippen LogP) is 5.60. The van der Waals surface area contributed by atoms with Gasteiger partial charge in [-0.15, -0.1) is 0 Å². The zero-order chi connectivity index (χ0) is 21.0. The Kier molecular flexibility index (Phi) is 6.56. The third-order valence-electron chi connectivity index (χ3n) is 4.22. The van der Waals surface area contributed by atoms with Crippen LogP contribution in [-0.2, 0) is 0 Å². The maximum Gasteiger partial charge on any atom is 0.255 e. The molecule has 29 heavy (non-hydrogen) atoms. The summed E-state index contributed by atoms with van der Waals surface area (Å²) >= 11 is 9.55. The van der Waals surface area contributed by atoms with Crippen molar-refractivity contribution in [1.29, 1.82) is 0 Å². The first kappa shape index (κ1) is 20.9. The number of benzene rings is 3. The summed E-state index contributed by atoms with van der Waals surface area (Å²) in [6.07, 6.45) is 0. The molecule has 1 N–H and O–H groups in total. The van der Waals surface area contributed by atoms with Gasteiger partial charge in [-0.1, -0.05) is 45.7 Å². The molecule has 7 heteroatoms. The minimum atomic E-state index is -0.369. The van der Waals surface area contributed by atoms with E-state index in [1.54, 1.807) is 48.5 Å². The SMILES string of the molecule is COc1cc(NC(=O)c2cccc(Br)c2)c(C(=O)c2ccccc2Cl)cc1OC. The number of ether oxygens (including phenoxy) is 2. The van der Waals surface area contributed by atoms with Crippen molar-refractivity contribution in [3.05, 3.63) is 86.8 Å². The lowest BCUT2D eigenvalue weighted by atomic mass is 10.0. The molecule has 0 aliphatic heterocycles. The van der Waals surface area contributed by atoms with Gasteiger partial charge in [0, 0.05) is 21.7 Å². The molecular formula is C22H17BrClNO4. The van der Waals surface area contributed by atoms with E-state index in [0.717, 1.165) is 4.47 Å². The van der Waals surface area contributed by atoms with Gasteiger partial charge < -0.3 is 14.8 Å². The summed E-state index contributed by atoms with van der Waals surface area (Å²) in [5, 5.41) is 3.11. The number of amides is 1. The normalized spacial score (nSPS) is 10.3. The lowest BCUT2D eigenvalue weighted by Gasteiger charge is -2.16. The summed E-state index contributed by atoms with van der Waals surface area (Å²) in [5.74, 6) is 0.0314. The Hall–Kier alpha value is -2.83. The molecule has 0 aliphatic rings. The number of hydrogen-bond donors (Lipinski definition) is 1. The highest BCUT2D eigenvalue weighted by molar-refractivity contribution is 9.10. The van der Waals surface area contributed by atoms with E-state index in [0.29, 0.717) is 27.6 Å². The zero-order valence-electron chi connectivity index (χ0n) is 15.7. The minimum Gasteiger partial charge on any atom is -0.493 e. The highest BCUT2D eigenvalue weighted by atomic mass is 79.9. The molecule has 0 unspecified atom stereocenters. The van der Waals surface area contributed by atoms with Gasteiger partial charge in [0.15, 0.2) is 17.3 Å². The van der Waals surface area contributed by atoms with Crippen LogP contribution >= 0.6 is 27.5 Å². The number of hydrogen-bond acceptors (Lipinski definition) is 4. The Morgan fingerprint density at radius 2 is 1.59 bits per heavy atom. The lowest BCUT2D eigenvalue weighted by molar-refractivity contribution is 0.102. The van der Waals surface area contributed by atoms with E-state index < -0.39 is 0 Å². The number of carbonyl (C=O) groups excluding carboxylic acids is 2. The highest BCUT2D eigenvalue weighted by Crippen LogP contribution is 2.35. The fourth-order valence-corrected chi connectivity index (χ4v) is 3.41. The molecule has 0 fully saturated rings. The van der Waals surface area contributed by atoms with Crippen molar-refractivity contribution >= 4 is 44.9 Å². The molecule has 0 heterocycles. The van der Waals surface area contributed by atoms with Crippen LogP contribution in [0.25, 0.3) is 0 Å². The van der Waals surface area contributed by atoms with Crippen molar-refractivity contribution in [3.63, 3.8) is 0 Å². The van der Waals surface area contributed by atoms with Crippen molar-refractivity contribution in [3.8, 4) is 11.5 Å². The zero-order valence-corrected chi connectivity index (χ0v) is 18.0. The largest absolute Gasteiger partial charge is 0.493 e. The third kappa shape index (κ3) is 4.60. The Bertz CT molecular complexity index is 1080. The van der Waals surface area contributed by atoms with Crippen LogP contribution in [0.4, 0.5) is 5.69 Å². The van der Waals surface area contributed by atoms with Crippen LogP contribution in [0.2, 0.25) is 5.02 Å². The van der Waals surface area contributed by atoms with Crippen molar-refractivity contribution < 1.29 is 19.1 Å². The van der Waals surface area contributed by atoms with Crippen LogP contribution in [0, 0.1) is 0 Å². The third-order valence-corrected chi connectivity index (χ3v) is 5.04. The van der Waals surface area contributed by atoms with Gasteiger partial charge in [0.05, 0.1) is 30.5 Å². The molecule has 0 atom stereocenters.